The van der Waals surface area contributed by atoms with Crippen LogP contribution in [0, 0.1) is 0 Å². The zero-order valence-corrected chi connectivity index (χ0v) is 22.7. The van der Waals surface area contributed by atoms with Crippen molar-refractivity contribution in [3.05, 3.63) is 95.3 Å². The van der Waals surface area contributed by atoms with Crippen molar-refractivity contribution >= 4 is 11.6 Å². The van der Waals surface area contributed by atoms with Crippen LogP contribution < -0.4 is 4.90 Å². The van der Waals surface area contributed by atoms with Crippen molar-refractivity contribution in [1.82, 2.24) is 14.7 Å². The van der Waals surface area contributed by atoms with Gasteiger partial charge in [0.15, 0.2) is 0 Å². The van der Waals surface area contributed by atoms with Crippen molar-refractivity contribution in [3.8, 4) is 0 Å². The number of carbonyl (C=O) groups excluding carboxylic acids is 1. The third-order valence-electron chi connectivity index (χ3n) is 8.81. The molecule has 1 aromatic heterocycles. The summed E-state index contributed by atoms with van der Waals surface area (Å²) >= 11 is 0. The average molecular weight is 547 g/mol. The molecule has 6 rings (SSSR count). The number of aliphatic hydroxyl groups excluding tert-OH is 1. The summed E-state index contributed by atoms with van der Waals surface area (Å²) in [5.41, 5.74) is 4.37. The number of alkyl halides is 2. The lowest BCUT2D eigenvalue weighted by Gasteiger charge is -2.34. The number of aromatic nitrogens is 2. The molecular formula is C32H36F2N4O2. The Morgan fingerprint density at radius 2 is 1.73 bits per heavy atom. The molecule has 2 saturated heterocycles. The fourth-order valence-corrected chi connectivity index (χ4v) is 6.41. The molecule has 6 nitrogen and oxygen atoms in total. The minimum atomic E-state index is -3.10. The second-order valence-corrected chi connectivity index (χ2v) is 11.4. The summed E-state index contributed by atoms with van der Waals surface area (Å²) in [7, 11) is 0. The van der Waals surface area contributed by atoms with Gasteiger partial charge in [-0.3, -0.25) is 9.48 Å². The molecule has 8 heteroatoms. The van der Waals surface area contributed by atoms with Crippen molar-refractivity contribution < 1.29 is 18.7 Å². The first-order valence-corrected chi connectivity index (χ1v) is 14.3. The van der Waals surface area contributed by atoms with E-state index in [1.165, 1.54) is 6.07 Å². The van der Waals surface area contributed by atoms with Crippen LogP contribution in [0.3, 0.4) is 0 Å². The van der Waals surface area contributed by atoms with Crippen LogP contribution in [0.2, 0.25) is 0 Å². The first-order valence-electron chi connectivity index (χ1n) is 14.3. The number of rotatable bonds is 8. The van der Waals surface area contributed by atoms with Gasteiger partial charge < -0.3 is 14.9 Å². The molecule has 1 N–H and O–H groups in total. The van der Waals surface area contributed by atoms with E-state index in [1.807, 2.05) is 17.0 Å². The van der Waals surface area contributed by atoms with E-state index < -0.39 is 5.92 Å². The summed E-state index contributed by atoms with van der Waals surface area (Å²) in [6.07, 6.45) is 7.10. The van der Waals surface area contributed by atoms with Gasteiger partial charge in [-0.1, -0.05) is 43.0 Å². The van der Waals surface area contributed by atoms with Gasteiger partial charge in [0.1, 0.15) is 0 Å². The molecule has 0 spiro atoms. The maximum Gasteiger partial charge on any atom is 0.291 e. The highest BCUT2D eigenvalue weighted by molar-refractivity contribution is 5.95. The van der Waals surface area contributed by atoms with Gasteiger partial charge in [0.2, 0.25) is 0 Å². The quantitative estimate of drug-likeness (QED) is 0.352. The molecular weight excluding hydrogens is 510 g/mol. The average Bonchev–Trinajstić information content (AvgIpc) is 3.54. The van der Waals surface area contributed by atoms with Gasteiger partial charge >= 0.3 is 0 Å². The minimum absolute atomic E-state index is 0.0218. The van der Waals surface area contributed by atoms with Crippen LogP contribution in [-0.2, 0) is 12.5 Å². The van der Waals surface area contributed by atoms with Gasteiger partial charge in [0.25, 0.3) is 11.8 Å². The Kier molecular flexibility index (Phi) is 7.21. The molecule has 3 heterocycles. The number of halogens is 2. The highest BCUT2D eigenvalue weighted by Crippen LogP contribution is 2.44. The molecule has 3 fully saturated rings. The number of allylic oxidation sites excluding steroid dienone is 1. The Balaban J connectivity index is 1.16. The fourth-order valence-electron chi connectivity index (χ4n) is 6.41. The second kappa shape index (κ2) is 10.8. The Labute approximate surface area is 233 Å². The van der Waals surface area contributed by atoms with Gasteiger partial charge in [-0.05, 0) is 61.4 Å². The van der Waals surface area contributed by atoms with Gasteiger partial charge in [-0.2, -0.15) is 13.9 Å². The maximum absolute atomic E-state index is 14.6. The molecule has 1 aliphatic carbocycles. The molecule has 1 unspecified atom stereocenters. The minimum Gasteiger partial charge on any atom is -0.392 e. The number of piperidine rings is 1. The Bertz CT molecular complexity index is 1370. The zero-order chi connectivity index (χ0) is 27.9. The van der Waals surface area contributed by atoms with Crippen molar-refractivity contribution in [3.63, 3.8) is 0 Å². The van der Waals surface area contributed by atoms with Crippen LogP contribution in [0.25, 0.3) is 0 Å². The van der Waals surface area contributed by atoms with Crippen molar-refractivity contribution in [2.75, 3.05) is 31.1 Å². The smallest absolute Gasteiger partial charge is 0.291 e. The number of carbonyl (C=O) groups is 1. The first-order chi connectivity index (χ1) is 19.4. The summed E-state index contributed by atoms with van der Waals surface area (Å²) in [5, 5.41) is 14.1. The van der Waals surface area contributed by atoms with E-state index in [0.29, 0.717) is 42.6 Å². The molecule has 0 radical (unpaired) electrons. The van der Waals surface area contributed by atoms with Crippen molar-refractivity contribution in [2.24, 2.45) is 0 Å². The molecule has 0 bridgehead atoms. The largest absolute Gasteiger partial charge is 0.392 e. The van der Waals surface area contributed by atoms with Gasteiger partial charge in [0, 0.05) is 49.3 Å². The summed E-state index contributed by atoms with van der Waals surface area (Å²) in [6.45, 7) is 6.14. The molecule has 1 amide bonds. The Morgan fingerprint density at radius 3 is 2.40 bits per heavy atom. The second-order valence-electron chi connectivity index (χ2n) is 11.4. The van der Waals surface area contributed by atoms with Crippen LogP contribution in [0.15, 0.2) is 67.4 Å². The summed E-state index contributed by atoms with van der Waals surface area (Å²) in [5.74, 6) is -2.92. The van der Waals surface area contributed by atoms with Crippen LogP contribution in [0.1, 0.15) is 82.7 Å². The van der Waals surface area contributed by atoms with E-state index in [-0.39, 0.29) is 30.0 Å². The van der Waals surface area contributed by atoms with E-state index in [1.54, 1.807) is 24.4 Å². The zero-order valence-electron chi connectivity index (χ0n) is 22.7. The normalized spacial score (nSPS) is 20.2. The van der Waals surface area contributed by atoms with Gasteiger partial charge in [-0.15, -0.1) is 0 Å². The Morgan fingerprint density at radius 1 is 1.00 bits per heavy atom. The molecule has 2 aliphatic heterocycles. The van der Waals surface area contributed by atoms with E-state index in [9.17, 15) is 18.7 Å². The van der Waals surface area contributed by atoms with E-state index in [4.69, 9.17) is 5.10 Å². The molecule has 3 aliphatic rings. The number of aliphatic hydroxyl groups is 1. The number of benzene rings is 2. The Hall–Kier alpha value is -3.52. The topological polar surface area (TPSA) is 61.6 Å². The van der Waals surface area contributed by atoms with Crippen LogP contribution in [-0.4, -0.2) is 51.9 Å². The number of nitrogens with zero attached hydrogens (tertiary/aromatic N) is 4. The van der Waals surface area contributed by atoms with Crippen molar-refractivity contribution in [2.45, 2.75) is 62.5 Å². The lowest BCUT2D eigenvalue weighted by molar-refractivity contribution is 0.0512. The fraction of sp³-hybridized carbons (Fsp3) is 0.438. The SMILES string of the molecule is C=CC(F)(F)c1ccccc1C1CCN(C(=O)c2cnn(C3CCN(c4ccc(CO)cc4)CC3)c2C2CC2)C1. The van der Waals surface area contributed by atoms with Crippen LogP contribution in [0.5, 0.6) is 0 Å². The molecule has 2 aromatic carbocycles. The molecule has 40 heavy (non-hydrogen) atoms. The van der Waals surface area contributed by atoms with Crippen LogP contribution in [0.4, 0.5) is 14.5 Å². The van der Waals surface area contributed by atoms with Crippen molar-refractivity contribution in [1.29, 1.82) is 0 Å². The lowest BCUT2D eigenvalue weighted by atomic mass is 9.90. The predicted octanol–water partition coefficient (Wildman–Crippen LogP) is 6.00. The lowest BCUT2D eigenvalue weighted by Crippen LogP contribution is -2.35. The first kappa shape index (κ1) is 26.7. The number of amides is 1. The molecule has 210 valence electrons. The highest BCUT2D eigenvalue weighted by Gasteiger charge is 2.39. The molecule has 1 saturated carbocycles. The predicted molar refractivity (Wildman–Crippen MR) is 151 cm³/mol. The monoisotopic (exact) mass is 546 g/mol. The standard InChI is InChI=1S/C32H36F2N4O2/c1-2-32(33,34)29-6-4-3-5-27(29)24-13-16-37(20-24)31(40)28-19-35-38(30(28)23-9-10-23)26-14-17-36(18-15-26)25-11-7-22(21-39)8-12-25/h2-8,11-12,19,23-24,26,39H,1,9-10,13-18,20-21H2. The van der Waals surface area contributed by atoms with E-state index in [2.05, 4.69) is 28.3 Å². The number of hydrogen-bond donors (Lipinski definition) is 1. The third kappa shape index (κ3) is 5.05. The number of hydrogen-bond acceptors (Lipinski definition) is 4. The van der Waals surface area contributed by atoms with Gasteiger partial charge in [-0.25, -0.2) is 0 Å². The number of anilines is 1. The third-order valence-corrected chi connectivity index (χ3v) is 8.81. The number of likely N-dealkylation sites (tertiary alicyclic amines) is 1. The maximum atomic E-state index is 14.6. The van der Waals surface area contributed by atoms with Gasteiger partial charge in [0.05, 0.1) is 30.1 Å². The summed E-state index contributed by atoms with van der Waals surface area (Å²) in [4.78, 5) is 18.0. The summed E-state index contributed by atoms with van der Waals surface area (Å²) < 4.78 is 31.3. The van der Waals surface area contributed by atoms with Crippen LogP contribution >= 0.6 is 0 Å². The molecule has 1 atom stereocenters. The van der Waals surface area contributed by atoms with E-state index in [0.717, 1.165) is 55.7 Å². The highest BCUT2D eigenvalue weighted by atomic mass is 19.3. The molecule has 3 aromatic rings. The summed E-state index contributed by atoms with van der Waals surface area (Å²) in [6, 6.07) is 14.9. The van der Waals surface area contributed by atoms with E-state index >= 15 is 0 Å².